The van der Waals surface area contributed by atoms with E-state index in [9.17, 15) is 14.4 Å². The van der Waals surface area contributed by atoms with Gasteiger partial charge in [0, 0.05) is 19.3 Å². The summed E-state index contributed by atoms with van der Waals surface area (Å²) in [5.74, 6) is -0.895. The molecular weight excluding hydrogens is 913 g/mol. The molecule has 0 amide bonds. The first-order valence-corrected chi connectivity index (χ1v) is 31.6. The molecule has 0 saturated carbocycles. The summed E-state index contributed by atoms with van der Waals surface area (Å²) in [5, 5.41) is 0. The van der Waals surface area contributed by atoms with E-state index in [1.807, 2.05) is 0 Å². The summed E-state index contributed by atoms with van der Waals surface area (Å²) in [6.07, 6.45) is 81.5. The van der Waals surface area contributed by atoms with Crippen molar-refractivity contribution in [1.82, 2.24) is 0 Å². The van der Waals surface area contributed by atoms with Crippen molar-refractivity contribution in [2.24, 2.45) is 0 Å². The lowest BCUT2D eigenvalue weighted by Crippen LogP contribution is -2.30. The molecule has 0 aromatic carbocycles. The molecule has 0 radical (unpaired) electrons. The van der Waals surface area contributed by atoms with Crippen LogP contribution in [0.1, 0.15) is 310 Å². The van der Waals surface area contributed by atoms with Crippen molar-refractivity contribution in [3.63, 3.8) is 0 Å². The van der Waals surface area contributed by atoms with Crippen LogP contribution in [-0.2, 0) is 28.6 Å². The molecule has 0 N–H and O–H groups in total. The van der Waals surface area contributed by atoms with Crippen LogP contribution in [0, 0.1) is 0 Å². The van der Waals surface area contributed by atoms with Crippen LogP contribution in [0.4, 0.5) is 0 Å². The molecule has 426 valence electrons. The molecule has 0 aliphatic heterocycles. The predicted octanol–water partition coefficient (Wildman–Crippen LogP) is 21.5. The molecule has 1 atom stereocenters. The molecule has 0 aromatic rings. The average molecular weight is 1030 g/mol. The molecule has 0 heterocycles. The third kappa shape index (κ3) is 59.5. The molecule has 0 spiro atoms. The van der Waals surface area contributed by atoms with Gasteiger partial charge in [-0.2, -0.15) is 0 Å². The third-order valence-corrected chi connectivity index (χ3v) is 13.6. The largest absolute Gasteiger partial charge is 0.462 e. The van der Waals surface area contributed by atoms with Gasteiger partial charge in [0.15, 0.2) is 6.10 Å². The summed E-state index contributed by atoms with van der Waals surface area (Å²) in [5.41, 5.74) is 0. The van der Waals surface area contributed by atoms with Crippen LogP contribution in [-0.4, -0.2) is 37.2 Å². The van der Waals surface area contributed by atoms with Gasteiger partial charge in [-0.15, -0.1) is 0 Å². The Bertz CT molecular complexity index is 1420. The van der Waals surface area contributed by atoms with E-state index >= 15 is 0 Å². The summed E-state index contributed by atoms with van der Waals surface area (Å²) in [6.45, 7) is 6.50. The minimum atomic E-state index is -0.787. The van der Waals surface area contributed by atoms with Crippen LogP contribution in [0.5, 0.6) is 0 Å². The van der Waals surface area contributed by atoms with E-state index in [0.29, 0.717) is 19.3 Å². The molecule has 1 unspecified atom stereocenters. The van der Waals surface area contributed by atoms with Gasteiger partial charge in [-0.25, -0.2) is 0 Å². The molecule has 6 nitrogen and oxygen atoms in total. The monoisotopic (exact) mass is 1030 g/mol. The van der Waals surface area contributed by atoms with Gasteiger partial charge >= 0.3 is 17.9 Å². The van der Waals surface area contributed by atoms with E-state index in [2.05, 4.69) is 106 Å². The van der Waals surface area contributed by atoms with Crippen molar-refractivity contribution in [1.29, 1.82) is 0 Å². The lowest BCUT2D eigenvalue weighted by molar-refractivity contribution is -0.167. The molecule has 0 rings (SSSR count). The Labute approximate surface area is 458 Å². The van der Waals surface area contributed by atoms with Gasteiger partial charge in [0.05, 0.1) is 0 Å². The van der Waals surface area contributed by atoms with Gasteiger partial charge in [0.1, 0.15) is 13.2 Å². The molecule has 74 heavy (non-hydrogen) atoms. The van der Waals surface area contributed by atoms with Crippen molar-refractivity contribution in [2.75, 3.05) is 13.2 Å². The Morgan fingerprint density at radius 2 is 0.541 bits per heavy atom. The SMILES string of the molecule is CC/C=C\C/C=C\C/C=C\C/C=C\C/C=C\CCCCCCCCCC(=O)OCC(COC(=O)CCCCCCC/C=C\C/C=C\CCCC)OC(=O)CCCCCCCCCCCCCCCCCCCCC. The Hall–Kier alpha value is -3.41. The maximum absolute atomic E-state index is 12.9. The minimum absolute atomic E-state index is 0.0848. The zero-order valence-corrected chi connectivity index (χ0v) is 48.8. The Morgan fingerprint density at radius 1 is 0.284 bits per heavy atom. The topological polar surface area (TPSA) is 78.9 Å². The first kappa shape index (κ1) is 70.6. The lowest BCUT2D eigenvalue weighted by atomic mass is 10.0. The number of carbonyl (C=O) groups is 3. The highest BCUT2D eigenvalue weighted by molar-refractivity contribution is 5.71. The fourth-order valence-corrected chi connectivity index (χ4v) is 8.90. The second kappa shape index (κ2) is 62.1. The molecule has 0 aliphatic rings. The summed E-state index contributed by atoms with van der Waals surface area (Å²) >= 11 is 0. The van der Waals surface area contributed by atoms with Crippen molar-refractivity contribution >= 4 is 17.9 Å². The van der Waals surface area contributed by atoms with Crippen molar-refractivity contribution in [2.45, 2.75) is 316 Å². The maximum atomic E-state index is 12.9. The van der Waals surface area contributed by atoms with E-state index in [1.165, 1.54) is 154 Å². The van der Waals surface area contributed by atoms with Crippen molar-refractivity contribution < 1.29 is 28.6 Å². The second-order valence-electron chi connectivity index (χ2n) is 20.9. The molecule has 0 fully saturated rings. The number of unbranched alkanes of at least 4 members (excludes halogenated alkanes) is 32. The van der Waals surface area contributed by atoms with Gasteiger partial charge in [-0.05, 0) is 89.9 Å². The fraction of sp³-hybridized carbons (Fsp3) is 0.750. The highest BCUT2D eigenvalue weighted by Crippen LogP contribution is 2.17. The van der Waals surface area contributed by atoms with Gasteiger partial charge in [-0.1, -0.05) is 286 Å². The van der Waals surface area contributed by atoms with E-state index < -0.39 is 6.10 Å². The van der Waals surface area contributed by atoms with Gasteiger partial charge in [0.25, 0.3) is 0 Å². The third-order valence-electron chi connectivity index (χ3n) is 13.6. The molecule has 0 bridgehead atoms. The lowest BCUT2D eigenvalue weighted by Gasteiger charge is -2.18. The number of allylic oxidation sites excluding steroid dienone is 14. The summed E-state index contributed by atoms with van der Waals surface area (Å²) in [4.78, 5) is 38.3. The first-order valence-electron chi connectivity index (χ1n) is 31.6. The van der Waals surface area contributed by atoms with Crippen molar-refractivity contribution in [3.8, 4) is 0 Å². The van der Waals surface area contributed by atoms with Crippen LogP contribution >= 0.6 is 0 Å². The van der Waals surface area contributed by atoms with Crippen LogP contribution in [0.15, 0.2) is 85.1 Å². The van der Waals surface area contributed by atoms with Gasteiger partial charge < -0.3 is 14.2 Å². The van der Waals surface area contributed by atoms with Crippen LogP contribution in [0.25, 0.3) is 0 Å². The van der Waals surface area contributed by atoms with E-state index in [-0.39, 0.29) is 31.1 Å². The zero-order valence-electron chi connectivity index (χ0n) is 48.8. The molecule has 6 heteroatoms. The first-order chi connectivity index (χ1) is 36.5. The number of carbonyl (C=O) groups excluding carboxylic acids is 3. The number of ether oxygens (including phenoxy) is 3. The van der Waals surface area contributed by atoms with Crippen LogP contribution in [0.2, 0.25) is 0 Å². The summed E-state index contributed by atoms with van der Waals surface area (Å²) in [6, 6.07) is 0. The maximum Gasteiger partial charge on any atom is 0.306 e. The van der Waals surface area contributed by atoms with E-state index in [1.54, 1.807) is 0 Å². The van der Waals surface area contributed by atoms with Gasteiger partial charge in [-0.3, -0.25) is 14.4 Å². The molecule has 0 aliphatic carbocycles. The van der Waals surface area contributed by atoms with Crippen molar-refractivity contribution in [3.05, 3.63) is 85.1 Å². The quantitative estimate of drug-likeness (QED) is 0.0261. The van der Waals surface area contributed by atoms with Crippen LogP contribution in [0.3, 0.4) is 0 Å². The van der Waals surface area contributed by atoms with Crippen LogP contribution < -0.4 is 0 Å². The Morgan fingerprint density at radius 3 is 0.865 bits per heavy atom. The summed E-state index contributed by atoms with van der Waals surface area (Å²) in [7, 11) is 0. The van der Waals surface area contributed by atoms with E-state index in [0.717, 1.165) is 116 Å². The highest BCUT2D eigenvalue weighted by Gasteiger charge is 2.19. The number of esters is 3. The second-order valence-corrected chi connectivity index (χ2v) is 20.9. The Kier molecular flexibility index (Phi) is 59.3. The summed E-state index contributed by atoms with van der Waals surface area (Å²) < 4.78 is 16.9. The smallest absolute Gasteiger partial charge is 0.306 e. The van der Waals surface area contributed by atoms with E-state index in [4.69, 9.17) is 14.2 Å². The number of rotatable bonds is 57. The fourth-order valence-electron chi connectivity index (χ4n) is 8.90. The normalized spacial score (nSPS) is 12.6. The average Bonchev–Trinajstić information content (AvgIpc) is 3.40. The molecule has 0 saturated heterocycles. The number of hydrogen-bond donors (Lipinski definition) is 0. The molecule has 0 aromatic heterocycles. The standard InChI is InChI=1S/C68H118O6/c1-4-7-10-13-16-19-22-25-28-30-32-33-34-35-37-38-40-43-46-49-52-55-58-61-67(70)73-64-65(63-72-66(69)60-57-54-51-48-45-42-27-24-21-18-15-12-9-6-3)74-68(71)62-59-56-53-50-47-44-41-39-36-31-29-26-23-20-17-14-11-8-5-2/h7,10,15-16,18-19,24-25,27-28,32-33,35,37,65H,4-6,8-9,11-14,17,20-23,26,29-31,34,36,38-64H2,1-3H3/b10-7-,18-15-,19-16-,27-24-,28-25-,33-32-,37-35-. The predicted molar refractivity (Wildman–Crippen MR) is 321 cm³/mol. The zero-order chi connectivity index (χ0) is 53.6. The molecular formula is C68H118O6. The minimum Gasteiger partial charge on any atom is -0.462 e. The highest BCUT2D eigenvalue weighted by atomic mass is 16.6. The number of hydrogen-bond acceptors (Lipinski definition) is 6. The Balaban J connectivity index is 4.37. The van der Waals surface area contributed by atoms with Gasteiger partial charge in [0.2, 0.25) is 0 Å².